The molecule has 3 aromatic carbocycles. The van der Waals surface area contributed by atoms with E-state index in [1.54, 1.807) is 5.56 Å². The highest BCUT2D eigenvalue weighted by molar-refractivity contribution is 5.97. The van der Waals surface area contributed by atoms with Gasteiger partial charge in [-0.25, -0.2) is 0 Å². The van der Waals surface area contributed by atoms with Crippen LogP contribution in [0.15, 0.2) is 78.9 Å². The van der Waals surface area contributed by atoms with Crippen LogP contribution in [0.25, 0.3) is 33.2 Å². The third kappa shape index (κ3) is 2.79. The fourth-order valence-electron chi connectivity index (χ4n) is 7.02. The summed E-state index contributed by atoms with van der Waals surface area (Å²) in [7, 11) is 0. The van der Waals surface area contributed by atoms with Crippen LogP contribution in [-0.2, 0) is 0 Å². The first-order valence-electron chi connectivity index (χ1n) is 11.9. The van der Waals surface area contributed by atoms with Crippen LogP contribution in [0.5, 0.6) is 0 Å². The van der Waals surface area contributed by atoms with Crippen LogP contribution in [0, 0.1) is 11.8 Å². The normalized spacial score (nSPS) is 26.1. The Labute approximate surface area is 184 Å². The van der Waals surface area contributed by atoms with E-state index in [1.165, 1.54) is 71.0 Å². The molecule has 1 nitrogen and oxygen atoms in total. The third-order valence-electron chi connectivity index (χ3n) is 8.18. The number of rotatable bonds is 2. The maximum Gasteiger partial charge on any atom is 0.0783 e. The van der Waals surface area contributed by atoms with E-state index in [-0.39, 0.29) is 0 Å². The van der Waals surface area contributed by atoms with Crippen LogP contribution >= 0.6 is 0 Å². The van der Waals surface area contributed by atoms with E-state index in [0.29, 0.717) is 5.92 Å². The summed E-state index contributed by atoms with van der Waals surface area (Å²) in [5, 5.41) is 2.79. The maximum atomic E-state index is 5.47. The second kappa shape index (κ2) is 6.79. The lowest BCUT2D eigenvalue weighted by Gasteiger charge is -2.38. The van der Waals surface area contributed by atoms with Gasteiger partial charge in [-0.05, 0) is 71.9 Å². The van der Waals surface area contributed by atoms with Crippen molar-refractivity contribution in [2.75, 3.05) is 0 Å². The summed E-state index contributed by atoms with van der Waals surface area (Å²) in [6.45, 7) is 0. The fourth-order valence-corrected chi connectivity index (χ4v) is 7.02. The minimum absolute atomic E-state index is 0.665. The molecular formula is C30H27N. The quantitative estimate of drug-likeness (QED) is 0.332. The highest BCUT2D eigenvalue weighted by Crippen LogP contribution is 2.57. The van der Waals surface area contributed by atoms with Gasteiger partial charge in [0.05, 0.1) is 5.69 Å². The number of fused-ring (bicyclic) bond motifs is 1. The van der Waals surface area contributed by atoms with Gasteiger partial charge >= 0.3 is 0 Å². The van der Waals surface area contributed by atoms with Crippen LogP contribution in [-0.4, -0.2) is 4.98 Å². The molecular weight excluding hydrogens is 374 g/mol. The molecule has 1 heterocycles. The zero-order valence-electron chi connectivity index (χ0n) is 17.8. The predicted octanol–water partition coefficient (Wildman–Crippen LogP) is 7.96. The van der Waals surface area contributed by atoms with Gasteiger partial charge in [-0.2, -0.15) is 0 Å². The number of hydrogen-bond acceptors (Lipinski definition) is 1. The summed E-state index contributed by atoms with van der Waals surface area (Å²) in [6.07, 6.45) is 6.95. The molecule has 0 aliphatic heterocycles. The monoisotopic (exact) mass is 401 g/mol. The molecule has 4 aromatic rings. The van der Waals surface area contributed by atoms with E-state index in [1.807, 2.05) is 0 Å². The molecule has 31 heavy (non-hydrogen) atoms. The zero-order valence-corrected chi connectivity index (χ0v) is 17.8. The summed E-state index contributed by atoms with van der Waals surface area (Å²) in [5.74, 6) is 3.23. The van der Waals surface area contributed by atoms with E-state index in [9.17, 15) is 0 Å². The Balaban J connectivity index is 1.41. The molecule has 2 atom stereocenters. The molecule has 4 aliphatic carbocycles. The summed E-state index contributed by atoms with van der Waals surface area (Å²) in [6, 6.07) is 28.7. The predicted molar refractivity (Wildman–Crippen MR) is 128 cm³/mol. The molecule has 1 aromatic heterocycles. The van der Waals surface area contributed by atoms with Crippen LogP contribution in [0.3, 0.4) is 0 Å². The second-order valence-corrected chi connectivity index (χ2v) is 10.1. The zero-order chi connectivity index (χ0) is 20.4. The number of pyridine rings is 1. The average Bonchev–Trinajstić information content (AvgIpc) is 2.99. The Kier molecular flexibility index (Phi) is 3.88. The van der Waals surface area contributed by atoms with Crippen LogP contribution in [0.2, 0.25) is 0 Å². The minimum atomic E-state index is 0.665. The van der Waals surface area contributed by atoms with E-state index in [2.05, 4.69) is 78.9 Å². The van der Waals surface area contributed by atoms with Crippen molar-refractivity contribution < 1.29 is 0 Å². The second-order valence-electron chi connectivity index (χ2n) is 10.1. The molecule has 0 spiro atoms. The van der Waals surface area contributed by atoms with Gasteiger partial charge in [-0.3, -0.25) is 4.98 Å². The lowest BCUT2D eigenvalue weighted by molar-refractivity contribution is 0.165. The topological polar surface area (TPSA) is 12.9 Å². The smallest absolute Gasteiger partial charge is 0.0783 e. The van der Waals surface area contributed by atoms with Gasteiger partial charge < -0.3 is 0 Å². The summed E-state index contributed by atoms with van der Waals surface area (Å²) >= 11 is 0. The Morgan fingerprint density at radius 2 is 1.10 bits per heavy atom. The molecule has 2 saturated carbocycles. The van der Waals surface area contributed by atoms with Crippen LogP contribution < -0.4 is 0 Å². The number of nitrogens with zero attached hydrogens (tertiary/aromatic N) is 1. The Bertz CT molecular complexity index is 1260. The molecule has 0 N–H and O–H groups in total. The van der Waals surface area contributed by atoms with Gasteiger partial charge in [0, 0.05) is 22.6 Å². The van der Waals surface area contributed by atoms with E-state index < -0.39 is 0 Å². The highest BCUT2D eigenvalue weighted by Gasteiger charge is 2.43. The molecule has 4 bridgehead atoms. The van der Waals surface area contributed by atoms with Gasteiger partial charge in [0.25, 0.3) is 0 Å². The molecule has 0 amide bonds. The fraction of sp³-hybridized carbons (Fsp3) is 0.300. The van der Waals surface area contributed by atoms with E-state index >= 15 is 0 Å². The van der Waals surface area contributed by atoms with Crippen molar-refractivity contribution in [1.29, 1.82) is 0 Å². The van der Waals surface area contributed by atoms with Gasteiger partial charge in [0.1, 0.15) is 0 Å². The van der Waals surface area contributed by atoms with Crippen molar-refractivity contribution >= 4 is 10.8 Å². The summed E-state index contributed by atoms with van der Waals surface area (Å²) in [4.78, 5) is 5.47. The minimum Gasteiger partial charge on any atom is -0.252 e. The summed E-state index contributed by atoms with van der Waals surface area (Å²) in [5.41, 5.74) is 7.99. The number of aromatic nitrogens is 1. The number of benzene rings is 3. The first kappa shape index (κ1) is 17.7. The molecule has 0 radical (unpaired) electrons. The van der Waals surface area contributed by atoms with Crippen LogP contribution in [0.4, 0.5) is 0 Å². The van der Waals surface area contributed by atoms with E-state index in [0.717, 1.165) is 17.8 Å². The first-order valence-corrected chi connectivity index (χ1v) is 11.9. The largest absolute Gasteiger partial charge is 0.252 e. The Morgan fingerprint density at radius 3 is 1.84 bits per heavy atom. The van der Waals surface area contributed by atoms with Crippen molar-refractivity contribution in [2.45, 2.75) is 43.9 Å². The van der Waals surface area contributed by atoms with Gasteiger partial charge in [-0.1, -0.05) is 78.9 Å². The van der Waals surface area contributed by atoms with Crippen molar-refractivity contribution in [1.82, 2.24) is 4.98 Å². The molecule has 2 fully saturated rings. The van der Waals surface area contributed by atoms with Crippen molar-refractivity contribution in [3.63, 3.8) is 0 Å². The highest BCUT2D eigenvalue weighted by atomic mass is 14.8. The molecule has 4 aliphatic rings. The van der Waals surface area contributed by atoms with Crippen LogP contribution in [0.1, 0.15) is 55.2 Å². The summed E-state index contributed by atoms with van der Waals surface area (Å²) < 4.78 is 0. The Morgan fingerprint density at radius 1 is 0.516 bits per heavy atom. The standard InChI is InChI=1S/C30H27N/c1-2-6-21(7-3-1)22-10-12-23(13-11-22)29-27-9-5-4-8-26(27)28-24-15-19-14-20(16-24)18-25(17-19)30(28)31-29/h1-13,19-20,24-25H,14-18H2. The first-order chi connectivity index (χ1) is 15.3. The van der Waals surface area contributed by atoms with Gasteiger partial charge in [0.2, 0.25) is 0 Å². The lowest BCUT2D eigenvalue weighted by atomic mass is 9.67. The molecule has 0 saturated heterocycles. The number of hydrogen-bond donors (Lipinski definition) is 0. The third-order valence-corrected chi connectivity index (χ3v) is 8.18. The average molecular weight is 402 g/mol. The lowest BCUT2D eigenvalue weighted by Crippen LogP contribution is -2.25. The molecule has 152 valence electrons. The van der Waals surface area contributed by atoms with Crippen molar-refractivity contribution in [3.05, 3.63) is 90.1 Å². The molecule has 2 unspecified atom stereocenters. The maximum absolute atomic E-state index is 5.47. The van der Waals surface area contributed by atoms with E-state index in [4.69, 9.17) is 4.98 Å². The van der Waals surface area contributed by atoms with Crippen molar-refractivity contribution in [2.24, 2.45) is 11.8 Å². The molecule has 8 rings (SSSR count). The SMILES string of the molecule is c1ccc(-c2ccc(-c3nc4c(c5ccccc35)C3CC5CC(CC4C5)C3)cc2)cc1. The van der Waals surface area contributed by atoms with Gasteiger partial charge in [0.15, 0.2) is 0 Å². The molecule has 1 heteroatoms. The van der Waals surface area contributed by atoms with Gasteiger partial charge in [-0.15, -0.1) is 0 Å². The van der Waals surface area contributed by atoms with Crippen molar-refractivity contribution in [3.8, 4) is 22.4 Å². The Hall–Kier alpha value is -2.93.